The molecule has 4 fully saturated rings. The average molecular weight is 717 g/mol. The number of alkyl halides is 4. The number of carbonyl (C=O) groups is 2. The maximum absolute atomic E-state index is 16.8. The van der Waals surface area contributed by atoms with Crippen LogP contribution in [0.2, 0.25) is 0 Å². The minimum atomic E-state index is -4.83. The number of hydrogen-bond acceptors (Lipinski definition) is 8. The molecule has 0 unspecified atom stereocenters. The Morgan fingerprint density at radius 2 is 1.75 bits per heavy atom. The fourth-order valence-electron chi connectivity index (χ4n) is 8.27. The molecule has 2 amide bonds. The normalized spacial score (nSPS) is 25.0. The summed E-state index contributed by atoms with van der Waals surface area (Å²) in [6.07, 6.45) is -2.92. The highest BCUT2D eigenvalue weighted by Gasteiger charge is 2.50. The maximum atomic E-state index is 16.8. The molecule has 0 aliphatic carbocycles. The Labute approximate surface area is 292 Å². The number of piperazine rings is 1. The molecule has 4 aliphatic rings. The van der Waals surface area contributed by atoms with Gasteiger partial charge < -0.3 is 19.7 Å². The molecule has 2 aromatic carbocycles. The molecule has 274 valence electrons. The molecule has 4 atom stereocenters. The van der Waals surface area contributed by atoms with E-state index in [1.807, 2.05) is 4.90 Å². The van der Waals surface area contributed by atoms with E-state index in [-0.39, 0.29) is 53.3 Å². The van der Waals surface area contributed by atoms with Gasteiger partial charge in [-0.25, -0.2) is 13.6 Å². The van der Waals surface area contributed by atoms with Gasteiger partial charge >= 0.3 is 18.3 Å². The molecule has 4 saturated heterocycles. The largest absolute Gasteiger partial charge is 0.461 e. The predicted molar refractivity (Wildman–Crippen MR) is 180 cm³/mol. The van der Waals surface area contributed by atoms with Crippen molar-refractivity contribution in [2.45, 2.75) is 95.4 Å². The number of aromatic nitrogens is 2. The second-order valence-corrected chi connectivity index (χ2v) is 15.1. The Morgan fingerprint density at radius 1 is 1.02 bits per heavy atom. The Balaban J connectivity index is 1.31. The van der Waals surface area contributed by atoms with Crippen molar-refractivity contribution in [1.29, 1.82) is 0 Å². The standard InChI is InChI=1S/C36H41F5N6O4/c1-20(48)42-22-6-11-28(36(39,40)41)27(14-22)25-9-10-26-30(29(25)38)43-32(50-19-35-12-5-13-46(35)16-21(37)15-35)44-31(26)45-17-23-7-8-24(18-45)47(23)33(49)51-34(2,3)4/h6,9-11,14,21,23-24H,5,7-8,12-13,15-19H2,1-4H3,(H,42,48)/t21-,23-,24+,35+/m1/s1. The number of nitrogens with one attached hydrogen (secondary N) is 1. The van der Waals surface area contributed by atoms with Crippen molar-refractivity contribution in [3.63, 3.8) is 0 Å². The van der Waals surface area contributed by atoms with E-state index >= 15 is 4.39 Å². The average Bonchev–Trinajstić information content (AvgIpc) is 3.65. The van der Waals surface area contributed by atoms with Gasteiger partial charge in [0.15, 0.2) is 5.82 Å². The van der Waals surface area contributed by atoms with Gasteiger partial charge in [0.25, 0.3) is 0 Å². The number of anilines is 2. The highest BCUT2D eigenvalue weighted by atomic mass is 19.4. The second-order valence-electron chi connectivity index (χ2n) is 15.1. The highest BCUT2D eigenvalue weighted by Crippen LogP contribution is 2.44. The zero-order chi connectivity index (χ0) is 36.5. The minimum Gasteiger partial charge on any atom is -0.461 e. The summed E-state index contributed by atoms with van der Waals surface area (Å²) in [6, 6.07) is 5.14. The molecule has 15 heteroatoms. The van der Waals surface area contributed by atoms with Gasteiger partial charge in [-0.2, -0.15) is 23.1 Å². The van der Waals surface area contributed by atoms with Crippen molar-refractivity contribution in [3.8, 4) is 17.1 Å². The second kappa shape index (κ2) is 12.7. The summed E-state index contributed by atoms with van der Waals surface area (Å²) in [4.78, 5) is 39.8. The number of benzene rings is 2. The molecular formula is C36H41F5N6O4. The van der Waals surface area contributed by atoms with Crippen LogP contribution in [0.4, 0.5) is 38.3 Å². The molecule has 0 saturated carbocycles. The monoisotopic (exact) mass is 716 g/mol. The van der Waals surface area contributed by atoms with Crippen molar-refractivity contribution in [2.75, 3.05) is 43.0 Å². The van der Waals surface area contributed by atoms with E-state index in [4.69, 9.17) is 14.5 Å². The van der Waals surface area contributed by atoms with E-state index < -0.39 is 52.4 Å². The lowest BCUT2D eigenvalue weighted by Gasteiger charge is -2.42. The molecular weight excluding hydrogens is 675 g/mol. The first-order valence-corrected chi connectivity index (χ1v) is 17.3. The lowest BCUT2D eigenvalue weighted by molar-refractivity contribution is -0.137. The molecule has 3 aromatic rings. The summed E-state index contributed by atoms with van der Waals surface area (Å²) in [5.41, 5.74) is -3.34. The van der Waals surface area contributed by atoms with Crippen LogP contribution in [0.3, 0.4) is 0 Å². The number of halogens is 5. The van der Waals surface area contributed by atoms with Crippen molar-refractivity contribution in [3.05, 3.63) is 41.7 Å². The van der Waals surface area contributed by atoms with Gasteiger partial charge in [-0.15, -0.1) is 0 Å². The molecule has 0 spiro atoms. The SMILES string of the molecule is CC(=O)Nc1ccc(C(F)(F)F)c(-c2ccc3c(N4C[C@H]5CC[C@@H](C4)N5C(=O)OC(C)(C)C)nc(OC[C@@]45CCCN4C[C@H](F)C5)nc3c2F)c1. The van der Waals surface area contributed by atoms with E-state index in [1.165, 1.54) is 19.1 Å². The Morgan fingerprint density at radius 3 is 2.41 bits per heavy atom. The van der Waals surface area contributed by atoms with Gasteiger partial charge in [-0.1, -0.05) is 6.07 Å². The van der Waals surface area contributed by atoms with Gasteiger partial charge in [0.05, 0.1) is 23.2 Å². The summed E-state index contributed by atoms with van der Waals surface area (Å²) in [5.74, 6) is -1.20. The van der Waals surface area contributed by atoms with E-state index in [1.54, 1.807) is 25.7 Å². The van der Waals surface area contributed by atoms with E-state index in [9.17, 15) is 27.2 Å². The van der Waals surface area contributed by atoms with Crippen LogP contribution in [0.1, 0.15) is 65.4 Å². The molecule has 4 aliphatic heterocycles. The Hall–Kier alpha value is -4.27. The zero-order valence-corrected chi connectivity index (χ0v) is 28.9. The third-order valence-electron chi connectivity index (χ3n) is 10.3. The molecule has 10 nitrogen and oxygen atoms in total. The molecule has 1 N–H and O–H groups in total. The van der Waals surface area contributed by atoms with Crippen LogP contribution in [0.25, 0.3) is 22.0 Å². The lowest BCUT2D eigenvalue weighted by Crippen LogP contribution is -2.57. The fourth-order valence-corrected chi connectivity index (χ4v) is 8.27. The topological polar surface area (TPSA) is 100 Å². The van der Waals surface area contributed by atoms with Crippen molar-refractivity contribution >= 4 is 34.4 Å². The van der Waals surface area contributed by atoms with Crippen LogP contribution < -0.4 is 15.0 Å². The molecule has 1 aromatic heterocycles. The summed E-state index contributed by atoms with van der Waals surface area (Å²) in [5, 5.41) is 2.72. The Bertz CT molecular complexity index is 1850. The van der Waals surface area contributed by atoms with Crippen LogP contribution in [0.5, 0.6) is 6.01 Å². The highest BCUT2D eigenvalue weighted by molar-refractivity contribution is 5.95. The van der Waals surface area contributed by atoms with Crippen LogP contribution in [0.15, 0.2) is 30.3 Å². The van der Waals surface area contributed by atoms with Crippen LogP contribution in [-0.4, -0.2) is 93.9 Å². The Kier molecular flexibility index (Phi) is 8.78. The number of rotatable bonds is 6. The first-order chi connectivity index (χ1) is 24.0. The number of fused-ring (bicyclic) bond motifs is 4. The summed E-state index contributed by atoms with van der Waals surface area (Å²) >= 11 is 0. The van der Waals surface area contributed by atoms with Crippen LogP contribution >= 0.6 is 0 Å². The van der Waals surface area contributed by atoms with E-state index in [2.05, 4.69) is 15.2 Å². The van der Waals surface area contributed by atoms with Crippen molar-refractivity contribution in [2.24, 2.45) is 0 Å². The molecule has 5 heterocycles. The summed E-state index contributed by atoms with van der Waals surface area (Å²) in [7, 11) is 0. The quantitative estimate of drug-likeness (QED) is 0.274. The minimum absolute atomic E-state index is 0.0638. The first-order valence-electron chi connectivity index (χ1n) is 17.3. The van der Waals surface area contributed by atoms with Gasteiger partial charge in [-0.3, -0.25) is 14.6 Å². The third kappa shape index (κ3) is 6.76. The van der Waals surface area contributed by atoms with Gasteiger partial charge in [-0.05, 0) is 82.8 Å². The fraction of sp³-hybridized carbons (Fsp3) is 0.556. The van der Waals surface area contributed by atoms with E-state index in [0.29, 0.717) is 31.9 Å². The van der Waals surface area contributed by atoms with Crippen molar-refractivity contribution in [1.82, 2.24) is 19.8 Å². The van der Waals surface area contributed by atoms with E-state index in [0.717, 1.165) is 44.0 Å². The summed E-state index contributed by atoms with van der Waals surface area (Å²) in [6.45, 7) is 8.43. The lowest BCUT2D eigenvalue weighted by atomic mass is 9.95. The molecule has 51 heavy (non-hydrogen) atoms. The predicted octanol–water partition coefficient (Wildman–Crippen LogP) is 6.96. The van der Waals surface area contributed by atoms with Crippen LogP contribution in [0, 0.1) is 5.82 Å². The number of hydrogen-bond donors (Lipinski definition) is 1. The maximum Gasteiger partial charge on any atom is 0.417 e. The zero-order valence-electron chi connectivity index (χ0n) is 28.9. The molecule has 7 rings (SSSR count). The van der Waals surface area contributed by atoms with Gasteiger partial charge in [0.1, 0.15) is 29.7 Å². The summed E-state index contributed by atoms with van der Waals surface area (Å²) < 4.78 is 86.0. The third-order valence-corrected chi connectivity index (χ3v) is 10.3. The number of carbonyl (C=O) groups excluding carboxylic acids is 2. The molecule has 2 bridgehead atoms. The van der Waals surface area contributed by atoms with Crippen LogP contribution in [-0.2, 0) is 15.7 Å². The molecule has 0 radical (unpaired) electrons. The van der Waals surface area contributed by atoms with Crippen molar-refractivity contribution < 1.29 is 41.0 Å². The smallest absolute Gasteiger partial charge is 0.417 e. The van der Waals surface area contributed by atoms with Gasteiger partial charge in [0.2, 0.25) is 5.91 Å². The van der Waals surface area contributed by atoms with Gasteiger partial charge in [0, 0.05) is 49.6 Å². The first kappa shape index (κ1) is 35.1. The number of nitrogens with zero attached hydrogens (tertiary/aromatic N) is 5. The number of ether oxygens (including phenoxy) is 2. The number of amides is 2.